The van der Waals surface area contributed by atoms with Gasteiger partial charge in [-0.25, -0.2) is 13.2 Å². The Balaban J connectivity index is 1.81. The largest absolute Gasteiger partial charge is 0.479 e. The maximum absolute atomic E-state index is 12.2. The Labute approximate surface area is 255 Å². The first-order valence-electron chi connectivity index (χ1n) is 12.8. The van der Waals surface area contributed by atoms with E-state index in [4.69, 9.17) is 53.7 Å². The van der Waals surface area contributed by atoms with Gasteiger partial charge in [0.1, 0.15) is 54.9 Å². The van der Waals surface area contributed by atoms with Gasteiger partial charge in [0.2, 0.25) is 0 Å². The molecule has 45 heavy (non-hydrogen) atoms. The molecular weight excluding hydrogens is 668 g/mol. The summed E-state index contributed by atoms with van der Waals surface area (Å²) in [6.07, 6.45) is -23.4. The predicted molar refractivity (Wildman–Crippen MR) is 136 cm³/mol. The Morgan fingerprint density at radius 2 is 1.13 bits per heavy atom. The first-order valence-corrected chi connectivity index (χ1v) is 15.6. The number of nitrogens with two attached hydrogens (primary N) is 2. The average Bonchev–Trinajstić information content (AvgIpc) is 2.94. The first-order chi connectivity index (χ1) is 20.8. The van der Waals surface area contributed by atoms with Crippen molar-refractivity contribution in [1.82, 2.24) is 0 Å². The van der Waals surface area contributed by atoms with Crippen LogP contribution in [0.15, 0.2) is 0 Å². The van der Waals surface area contributed by atoms with Gasteiger partial charge in [0.15, 0.2) is 25.0 Å². The summed E-state index contributed by atoms with van der Waals surface area (Å²) in [4.78, 5) is 12.2. The summed E-state index contributed by atoms with van der Waals surface area (Å²) < 4.78 is 108. The van der Waals surface area contributed by atoms with E-state index in [-0.39, 0.29) is 0 Å². The Hall–Kier alpha value is -1.31. The molecule has 0 bridgehead atoms. The van der Waals surface area contributed by atoms with Gasteiger partial charge in [-0.15, -0.1) is 0 Å². The number of hydrogen-bond acceptors (Lipinski definition) is 20. The first kappa shape index (κ1) is 38.1. The quantitative estimate of drug-likeness (QED) is 0.0804. The van der Waals surface area contributed by atoms with Crippen molar-refractivity contribution in [3.8, 4) is 0 Å². The highest BCUT2D eigenvalue weighted by Crippen LogP contribution is 2.33. The summed E-state index contributed by atoms with van der Waals surface area (Å²) in [5, 5.41) is 52.9. The molecule has 11 N–H and O–H groups in total. The van der Waals surface area contributed by atoms with Crippen molar-refractivity contribution in [3.05, 3.63) is 0 Å². The van der Waals surface area contributed by atoms with E-state index in [2.05, 4.69) is 8.37 Å². The molecule has 3 rings (SSSR count). The van der Waals surface area contributed by atoms with Crippen molar-refractivity contribution in [2.75, 3.05) is 27.4 Å². The summed E-state index contributed by atoms with van der Waals surface area (Å²) >= 11 is 0. The zero-order valence-electron chi connectivity index (χ0n) is 23.4. The van der Waals surface area contributed by atoms with Gasteiger partial charge in [0, 0.05) is 14.2 Å². The Morgan fingerprint density at radius 3 is 1.62 bits per heavy atom. The number of carbonyl (C=O) groups is 1. The molecule has 3 fully saturated rings. The minimum absolute atomic E-state index is 0.925. The van der Waals surface area contributed by atoms with Crippen LogP contribution in [-0.4, -0.2) is 177 Å². The predicted octanol–water partition coefficient (Wildman–Crippen LogP) is -6.59. The minimum atomic E-state index is -5.03. The molecule has 0 aromatic rings. The van der Waals surface area contributed by atoms with Crippen molar-refractivity contribution in [1.29, 1.82) is 0 Å². The van der Waals surface area contributed by atoms with E-state index in [1.165, 1.54) is 0 Å². The molecule has 6 unspecified atom stereocenters. The van der Waals surface area contributed by atoms with Crippen molar-refractivity contribution in [2.45, 2.75) is 92.0 Å². The molecule has 0 spiro atoms. The normalized spacial score (nSPS) is 43.2. The van der Waals surface area contributed by atoms with Gasteiger partial charge < -0.3 is 70.2 Å². The van der Waals surface area contributed by atoms with E-state index in [0.29, 0.717) is 0 Å². The number of aliphatic hydroxyl groups excluding tert-OH is 4. The van der Waals surface area contributed by atoms with Crippen LogP contribution in [0, 0.1) is 0 Å². The topological polar surface area (TPSA) is 362 Å². The minimum Gasteiger partial charge on any atom is -0.479 e. The molecule has 0 aromatic heterocycles. The monoisotopic (exact) mass is 704 g/mol. The number of aliphatic hydroxyl groups is 4. The smallest absolute Gasteiger partial charge is 0.397 e. The van der Waals surface area contributed by atoms with Gasteiger partial charge >= 0.3 is 26.8 Å². The van der Waals surface area contributed by atoms with Gasteiger partial charge in [-0.1, -0.05) is 0 Å². The lowest BCUT2D eigenvalue weighted by Gasteiger charge is -2.48. The van der Waals surface area contributed by atoms with Crippen LogP contribution >= 0.6 is 0 Å². The standard InChI is InChI=1S/C20H36N2O21S2/c1-35-13-5(3-37-44(29,30)31)40-19(8(22)9(13)23)42-15-11(25)12(26)20(43-16(15)17(27)28)41-14-6(4-38-45(32,33)34)39-18(36-2)7(21)10(14)24/h5-16,18-20,23-26H,3-4,21-22H2,1-2H3,(H,27,28)(H,29,30,31)(H,32,33,34)/t5?,6?,7?,8?,9-,10-,11-,12?,13-,14-,15+,16?,18+,19-,20-/m1/s1. The Morgan fingerprint density at radius 1 is 0.667 bits per heavy atom. The van der Waals surface area contributed by atoms with Crippen molar-refractivity contribution >= 4 is 26.8 Å². The average molecular weight is 705 g/mol. The number of hydrogen-bond donors (Lipinski definition) is 9. The maximum atomic E-state index is 12.2. The molecule has 0 radical (unpaired) electrons. The molecule has 0 aromatic carbocycles. The fourth-order valence-corrected chi connectivity index (χ4v) is 5.47. The van der Waals surface area contributed by atoms with Gasteiger partial charge in [0.05, 0.1) is 25.3 Å². The highest BCUT2D eigenvalue weighted by molar-refractivity contribution is 7.81. The summed E-state index contributed by atoms with van der Waals surface area (Å²) in [5.41, 5.74) is 11.8. The molecule has 0 amide bonds. The van der Waals surface area contributed by atoms with Crippen LogP contribution in [0.25, 0.3) is 0 Å². The second-order valence-electron chi connectivity index (χ2n) is 10.0. The SMILES string of the molecule is CO[C@H]1OC(COS(=O)(=O)O)[C@@H](O[C@@H]2OC(C(=O)O)[C@@H](O[C@H]3OC(COS(=O)(=O)O)[C@@H](OC)[C@H](O)C3N)[C@H](O)C2O)[C@H](O)C1N. The van der Waals surface area contributed by atoms with E-state index in [0.717, 1.165) is 14.2 Å². The highest BCUT2D eigenvalue weighted by atomic mass is 32.3. The van der Waals surface area contributed by atoms with Crippen LogP contribution in [-0.2, 0) is 67.1 Å². The number of carboxylic acids is 1. The van der Waals surface area contributed by atoms with Gasteiger partial charge in [-0.2, -0.15) is 16.8 Å². The van der Waals surface area contributed by atoms with Crippen LogP contribution < -0.4 is 11.5 Å². The number of ether oxygens (including phenoxy) is 7. The van der Waals surface area contributed by atoms with E-state index < -0.39 is 132 Å². The van der Waals surface area contributed by atoms with E-state index >= 15 is 0 Å². The summed E-state index contributed by atoms with van der Waals surface area (Å²) in [6, 6.07) is -2.89. The molecule has 0 saturated carbocycles. The fraction of sp³-hybridized carbons (Fsp3) is 0.950. The zero-order valence-corrected chi connectivity index (χ0v) is 25.0. The molecule has 3 heterocycles. The zero-order chi connectivity index (χ0) is 34.0. The van der Waals surface area contributed by atoms with Gasteiger partial charge in [0.25, 0.3) is 0 Å². The molecule has 264 valence electrons. The van der Waals surface area contributed by atoms with Crippen molar-refractivity contribution in [2.24, 2.45) is 11.5 Å². The molecule has 23 nitrogen and oxygen atoms in total. The Bertz CT molecular complexity index is 1210. The number of aliphatic carboxylic acids is 1. The molecule has 3 saturated heterocycles. The molecule has 25 heteroatoms. The molecular formula is C20H36N2O21S2. The third kappa shape index (κ3) is 9.41. The molecule has 15 atom stereocenters. The van der Waals surface area contributed by atoms with E-state index in [9.17, 15) is 47.2 Å². The number of rotatable bonds is 13. The van der Waals surface area contributed by atoms with Crippen molar-refractivity contribution in [3.63, 3.8) is 0 Å². The fourth-order valence-electron chi connectivity index (χ4n) is 4.86. The highest BCUT2D eigenvalue weighted by Gasteiger charge is 2.55. The summed E-state index contributed by atoms with van der Waals surface area (Å²) in [5.74, 6) is -1.80. The van der Waals surface area contributed by atoms with E-state index in [1.807, 2.05) is 0 Å². The third-order valence-corrected chi connectivity index (χ3v) is 7.95. The number of carboxylic acid groups (broad SMARTS) is 1. The van der Waals surface area contributed by atoms with Crippen LogP contribution in [0.1, 0.15) is 0 Å². The lowest BCUT2D eigenvalue weighted by Crippen LogP contribution is -2.68. The third-order valence-electron chi connectivity index (χ3n) is 7.08. The van der Waals surface area contributed by atoms with E-state index in [1.54, 1.807) is 0 Å². The summed E-state index contributed by atoms with van der Waals surface area (Å²) in [6.45, 7) is -1.91. The second kappa shape index (κ2) is 15.3. The maximum Gasteiger partial charge on any atom is 0.397 e. The molecule has 3 aliphatic rings. The molecule has 0 aliphatic carbocycles. The Kier molecular flexibility index (Phi) is 12.9. The van der Waals surface area contributed by atoms with Gasteiger partial charge in [-0.05, 0) is 0 Å². The van der Waals surface area contributed by atoms with Crippen LogP contribution in [0.2, 0.25) is 0 Å². The lowest BCUT2D eigenvalue weighted by molar-refractivity contribution is -0.360. The summed E-state index contributed by atoms with van der Waals surface area (Å²) in [7, 11) is -7.76. The van der Waals surface area contributed by atoms with Crippen molar-refractivity contribution < 1.29 is 97.8 Å². The van der Waals surface area contributed by atoms with Crippen LogP contribution in [0.5, 0.6) is 0 Å². The second-order valence-corrected chi connectivity index (χ2v) is 12.2. The number of methoxy groups -OCH3 is 2. The van der Waals surface area contributed by atoms with Gasteiger partial charge in [-0.3, -0.25) is 9.11 Å². The lowest BCUT2D eigenvalue weighted by atomic mass is 9.95. The van der Waals surface area contributed by atoms with Crippen LogP contribution in [0.3, 0.4) is 0 Å². The van der Waals surface area contributed by atoms with Crippen LogP contribution in [0.4, 0.5) is 0 Å². The molecule has 3 aliphatic heterocycles.